The average Bonchev–Trinajstić information content (AvgIpc) is 3.49. The number of carbonyl (C=O) groups excluding carboxylic acids is 2. The second-order valence-corrected chi connectivity index (χ2v) is 13.9. The Labute approximate surface area is 290 Å². The van der Waals surface area contributed by atoms with Crippen molar-refractivity contribution in [3.8, 4) is 0 Å². The van der Waals surface area contributed by atoms with E-state index >= 15 is 0 Å². The molecule has 0 spiro atoms. The molecule has 274 valence electrons. The number of hydrogen-bond donors (Lipinski definition) is 2. The maximum atomic E-state index is 12.6. The first-order chi connectivity index (χ1) is 23.3. The number of aryl methyl sites for hydroxylation is 1. The van der Waals surface area contributed by atoms with Gasteiger partial charge in [-0.1, -0.05) is 143 Å². The summed E-state index contributed by atoms with van der Waals surface area (Å²) in [5.74, 6) is -0.622. The molecule has 10 nitrogen and oxygen atoms in total. The summed E-state index contributed by atoms with van der Waals surface area (Å²) in [6.45, 7) is 7.05. The first-order valence-electron chi connectivity index (χ1n) is 19.4. The topological polar surface area (TPSA) is 148 Å². The summed E-state index contributed by atoms with van der Waals surface area (Å²) in [7, 11) is 0. The lowest BCUT2D eigenvalue weighted by Crippen LogP contribution is -2.39. The Morgan fingerprint density at radius 3 is 1.83 bits per heavy atom. The number of nitrogens with two attached hydrogens (primary N) is 2. The second-order valence-electron chi connectivity index (χ2n) is 13.9. The molecule has 0 bridgehead atoms. The number of esters is 2. The third-order valence-electron chi connectivity index (χ3n) is 9.61. The SMILES string of the molecule is CCCCCCCCCCCCCCCCCCCCCC(=O)OCC(CCn1cnc2cnc(N)nc21)COC(=O)[C@@H](N)[C@@H](C)CC. The van der Waals surface area contributed by atoms with Gasteiger partial charge in [0.25, 0.3) is 0 Å². The summed E-state index contributed by atoms with van der Waals surface area (Å²) < 4.78 is 13.1. The van der Waals surface area contributed by atoms with E-state index < -0.39 is 12.0 Å². The van der Waals surface area contributed by atoms with Crippen molar-refractivity contribution < 1.29 is 19.1 Å². The second kappa shape index (κ2) is 26.2. The number of carbonyl (C=O) groups is 2. The monoisotopic (exact) mass is 673 g/mol. The molecule has 0 aliphatic carbocycles. The van der Waals surface area contributed by atoms with Crippen LogP contribution in [-0.4, -0.2) is 50.7 Å². The van der Waals surface area contributed by atoms with Gasteiger partial charge in [-0.25, -0.2) is 9.97 Å². The van der Waals surface area contributed by atoms with Crippen LogP contribution in [0.3, 0.4) is 0 Å². The fraction of sp³-hybridized carbons (Fsp3) is 0.816. The van der Waals surface area contributed by atoms with Crippen LogP contribution in [-0.2, 0) is 25.6 Å². The Bertz CT molecular complexity index is 1130. The van der Waals surface area contributed by atoms with Crippen LogP contribution < -0.4 is 11.5 Å². The van der Waals surface area contributed by atoms with E-state index in [2.05, 4.69) is 21.9 Å². The molecule has 10 heteroatoms. The lowest BCUT2D eigenvalue weighted by atomic mass is 10.0. The molecule has 0 fully saturated rings. The number of anilines is 1. The molecule has 0 radical (unpaired) electrons. The van der Waals surface area contributed by atoms with Gasteiger partial charge < -0.3 is 25.5 Å². The Morgan fingerprint density at radius 2 is 1.29 bits per heavy atom. The Morgan fingerprint density at radius 1 is 0.771 bits per heavy atom. The van der Waals surface area contributed by atoms with Gasteiger partial charge in [0.05, 0.1) is 25.7 Å². The molecule has 0 aromatic carbocycles. The van der Waals surface area contributed by atoms with E-state index in [-0.39, 0.29) is 37.0 Å². The first kappa shape index (κ1) is 41.4. The lowest BCUT2D eigenvalue weighted by Gasteiger charge is -2.21. The molecule has 48 heavy (non-hydrogen) atoms. The number of rotatable bonds is 30. The van der Waals surface area contributed by atoms with Crippen molar-refractivity contribution in [3.05, 3.63) is 12.5 Å². The summed E-state index contributed by atoms with van der Waals surface area (Å²) in [4.78, 5) is 37.7. The van der Waals surface area contributed by atoms with Gasteiger partial charge >= 0.3 is 11.9 Å². The predicted octanol–water partition coefficient (Wildman–Crippen LogP) is 8.70. The molecule has 0 saturated heterocycles. The molecular formula is C38H68N6O4. The average molecular weight is 673 g/mol. The molecule has 3 atom stereocenters. The van der Waals surface area contributed by atoms with Crippen molar-refractivity contribution in [2.45, 2.75) is 175 Å². The zero-order chi connectivity index (χ0) is 34.8. The van der Waals surface area contributed by atoms with Gasteiger partial charge in [0.2, 0.25) is 5.95 Å². The minimum atomic E-state index is -0.676. The third kappa shape index (κ3) is 18.1. The van der Waals surface area contributed by atoms with Gasteiger partial charge in [-0.05, 0) is 18.8 Å². The van der Waals surface area contributed by atoms with E-state index in [0.29, 0.717) is 30.6 Å². The fourth-order valence-electron chi connectivity index (χ4n) is 5.98. The van der Waals surface area contributed by atoms with Gasteiger partial charge in [-0.2, -0.15) is 4.98 Å². The van der Waals surface area contributed by atoms with Gasteiger partial charge in [-0.15, -0.1) is 0 Å². The molecular weight excluding hydrogens is 604 g/mol. The number of hydrogen-bond acceptors (Lipinski definition) is 9. The molecule has 0 aliphatic rings. The molecule has 2 aromatic rings. The third-order valence-corrected chi connectivity index (χ3v) is 9.61. The lowest BCUT2D eigenvalue weighted by molar-refractivity contribution is -0.151. The Kier molecular flexibility index (Phi) is 22.6. The van der Waals surface area contributed by atoms with Crippen LogP contribution in [0.15, 0.2) is 12.5 Å². The van der Waals surface area contributed by atoms with Gasteiger partial charge in [0.15, 0.2) is 5.65 Å². The number of nitrogens with zero attached hydrogens (tertiary/aromatic N) is 4. The van der Waals surface area contributed by atoms with E-state index in [9.17, 15) is 9.59 Å². The highest BCUT2D eigenvalue weighted by Gasteiger charge is 2.23. The summed E-state index contributed by atoms with van der Waals surface area (Å²) in [6.07, 6.45) is 30.2. The Hall–Kier alpha value is -2.75. The van der Waals surface area contributed by atoms with Crippen LogP contribution in [0.2, 0.25) is 0 Å². The van der Waals surface area contributed by atoms with E-state index in [1.807, 2.05) is 18.4 Å². The van der Waals surface area contributed by atoms with Crippen molar-refractivity contribution in [2.75, 3.05) is 18.9 Å². The number of imidazole rings is 1. The predicted molar refractivity (Wildman–Crippen MR) is 195 cm³/mol. The number of aromatic nitrogens is 4. The summed E-state index contributed by atoms with van der Waals surface area (Å²) in [5, 5.41) is 0. The largest absolute Gasteiger partial charge is 0.465 e. The maximum absolute atomic E-state index is 12.6. The number of nitrogen functional groups attached to an aromatic ring is 1. The van der Waals surface area contributed by atoms with Crippen LogP contribution in [0.4, 0.5) is 5.95 Å². The minimum absolute atomic E-state index is 0.0236. The molecule has 0 saturated carbocycles. The van der Waals surface area contributed by atoms with Crippen LogP contribution in [0.1, 0.15) is 162 Å². The highest BCUT2D eigenvalue weighted by molar-refractivity contribution is 5.75. The van der Waals surface area contributed by atoms with E-state index in [0.717, 1.165) is 25.7 Å². The highest BCUT2D eigenvalue weighted by Crippen LogP contribution is 2.17. The van der Waals surface area contributed by atoms with E-state index in [1.54, 1.807) is 12.5 Å². The van der Waals surface area contributed by atoms with Crippen molar-refractivity contribution in [3.63, 3.8) is 0 Å². The standard InChI is InChI=1S/C38H68N6O4/c1-4-6-7-8-9-10-11-12-13-14-15-16-17-18-19-20-21-22-23-24-34(45)47-28-32(29-48-37(46)35(39)31(3)5-2)25-26-44-30-42-33-27-41-38(40)43-36(33)44/h27,30-32,35H,4-26,28-29,39H2,1-3H3,(H2,40,41,43)/t31-,32?,35-/m0/s1. The fourth-order valence-corrected chi connectivity index (χ4v) is 5.98. The van der Waals surface area contributed by atoms with E-state index in [1.165, 1.54) is 103 Å². The quantitative estimate of drug-likeness (QED) is 0.0614. The first-order valence-corrected chi connectivity index (χ1v) is 19.4. The number of unbranched alkanes of at least 4 members (excludes halogenated alkanes) is 18. The maximum Gasteiger partial charge on any atom is 0.323 e. The normalized spacial score (nSPS) is 13.4. The zero-order valence-corrected chi connectivity index (χ0v) is 30.6. The molecule has 0 amide bonds. The molecule has 2 heterocycles. The van der Waals surface area contributed by atoms with Crippen molar-refractivity contribution in [1.29, 1.82) is 0 Å². The van der Waals surface area contributed by atoms with E-state index in [4.69, 9.17) is 20.9 Å². The summed E-state index contributed by atoms with van der Waals surface area (Å²) in [6, 6.07) is -0.676. The van der Waals surface area contributed by atoms with Gasteiger partial charge in [0, 0.05) is 18.9 Å². The summed E-state index contributed by atoms with van der Waals surface area (Å²) >= 11 is 0. The molecule has 4 N–H and O–H groups in total. The van der Waals surface area contributed by atoms with Crippen molar-refractivity contribution in [1.82, 2.24) is 19.5 Å². The summed E-state index contributed by atoms with van der Waals surface area (Å²) in [5.41, 5.74) is 13.1. The van der Waals surface area contributed by atoms with Crippen molar-refractivity contribution in [2.24, 2.45) is 17.6 Å². The van der Waals surface area contributed by atoms with Crippen molar-refractivity contribution >= 4 is 29.1 Å². The molecule has 2 aromatic heterocycles. The molecule has 0 aliphatic heterocycles. The van der Waals surface area contributed by atoms with Crippen LogP contribution in [0, 0.1) is 11.8 Å². The highest BCUT2D eigenvalue weighted by atomic mass is 16.5. The van der Waals surface area contributed by atoms with Gasteiger partial charge in [-0.3, -0.25) is 9.59 Å². The zero-order valence-electron chi connectivity index (χ0n) is 30.6. The number of ether oxygens (including phenoxy) is 2. The van der Waals surface area contributed by atoms with Gasteiger partial charge in [0.1, 0.15) is 11.6 Å². The smallest absolute Gasteiger partial charge is 0.323 e. The molecule has 2 rings (SSSR count). The number of fused-ring (bicyclic) bond motifs is 1. The minimum Gasteiger partial charge on any atom is -0.465 e. The van der Waals surface area contributed by atoms with Crippen LogP contribution in [0.5, 0.6) is 0 Å². The van der Waals surface area contributed by atoms with Crippen LogP contribution in [0.25, 0.3) is 11.2 Å². The molecule has 1 unspecified atom stereocenters. The van der Waals surface area contributed by atoms with Crippen LogP contribution >= 0.6 is 0 Å². The Balaban J connectivity index is 1.56.